The Morgan fingerprint density at radius 3 is 2.35 bits per heavy atom. The van der Waals surface area contributed by atoms with Gasteiger partial charge < -0.3 is 10.0 Å². The van der Waals surface area contributed by atoms with Crippen LogP contribution in [-0.4, -0.2) is 35.0 Å². The van der Waals surface area contributed by atoms with Crippen LogP contribution < -0.4 is 0 Å². The van der Waals surface area contributed by atoms with E-state index >= 15 is 0 Å². The predicted molar refractivity (Wildman–Crippen MR) is 77.4 cm³/mol. The van der Waals surface area contributed by atoms with Gasteiger partial charge in [-0.05, 0) is 42.5 Å². The lowest BCUT2D eigenvalue weighted by molar-refractivity contribution is -0.131. The van der Waals surface area contributed by atoms with Crippen molar-refractivity contribution in [1.29, 1.82) is 0 Å². The molecule has 1 aliphatic heterocycles. The molecular weight excluding hydrogens is 254 g/mol. The van der Waals surface area contributed by atoms with Crippen molar-refractivity contribution in [1.82, 2.24) is 4.90 Å². The van der Waals surface area contributed by atoms with E-state index in [4.69, 9.17) is 5.11 Å². The van der Waals surface area contributed by atoms with Crippen molar-refractivity contribution in [3.63, 3.8) is 0 Å². The fourth-order valence-corrected chi connectivity index (χ4v) is 2.30. The van der Waals surface area contributed by atoms with Crippen LogP contribution in [0.2, 0.25) is 0 Å². The lowest BCUT2D eigenvalue weighted by Crippen LogP contribution is -2.37. The average molecular weight is 273 g/mol. The van der Waals surface area contributed by atoms with Gasteiger partial charge in [-0.1, -0.05) is 19.1 Å². The summed E-state index contributed by atoms with van der Waals surface area (Å²) in [6, 6.07) is 7.03. The van der Waals surface area contributed by atoms with Gasteiger partial charge in [-0.25, -0.2) is 4.79 Å². The molecule has 1 saturated heterocycles. The first-order valence-corrected chi connectivity index (χ1v) is 6.86. The summed E-state index contributed by atoms with van der Waals surface area (Å²) in [6.45, 7) is 3.85. The molecule has 1 aromatic carbocycles. The zero-order valence-electron chi connectivity index (χ0n) is 11.6. The van der Waals surface area contributed by atoms with Crippen molar-refractivity contribution in [2.24, 2.45) is 5.92 Å². The zero-order valence-corrected chi connectivity index (χ0v) is 11.6. The summed E-state index contributed by atoms with van der Waals surface area (Å²) in [7, 11) is 0. The molecule has 1 N–H and O–H groups in total. The van der Waals surface area contributed by atoms with E-state index in [1.54, 1.807) is 24.3 Å². The topological polar surface area (TPSA) is 57.6 Å². The molecule has 1 fully saturated rings. The van der Waals surface area contributed by atoms with Crippen molar-refractivity contribution in [2.45, 2.75) is 19.8 Å². The van der Waals surface area contributed by atoms with Crippen LogP contribution in [0.4, 0.5) is 0 Å². The SMILES string of the molecule is CC1CCN(C(=O)c2ccc(C=CC(=O)O)cc2)CC1. The molecule has 1 amide bonds. The third-order valence-electron chi connectivity index (χ3n) is 3.65. The Labute approximate surface area is 118 Å². The third-order valence-corrected chi connectivity index (χ3v) is 3.65. The summed E-state index contributed by atoms with van der Waals surface area (Å²) in [5.41, 5.74) is 1.43. The normalized spacial score (nSPS) is 16.6. The van der Waals surface area contributed by atoms with E-state index in [0.717, 1.165) is 37.6 Å². The number of hydrogen-bond donors (Lipinski definition) is 1. The highest BCUT2D eigenvalue weighted by Gasteiger charge is 2.21. The largest absolute Gasteiger partial charge is 0.478 e. The second kappa shape index (κ2) is 6.37. The number of carboxylic acid groups (broad SMARTS) is 1. The Morgan fingerprint density at radius 2 is 1.80 bits per heavy atom. The zero-order chi connectivity index (χ0) is 14.5. The molecule has 0 saturated carbocycles. The lowest BCUT2D eigenvalue weighted by atomic mass is 9.98. The first kappa shape index (κ1) is 14.3. The third kappa shape index (κ3) is 3.70. The van der Waals surface area contributed by atoms with Gasteiger partial charge in [0.1, 0.15) is 0 Å². The van der Waals surface area contributed by atoms with Gasteiger partial charge in [0.25, 0.3) is 5.91 Å². The second-order valence-electron chi connectivity index (χ2n) is 5.27. The molecule has 20 heavy (non-hydrogen) atoms. The van der Waals surface area contributed by atoms with Crippen molar-refractivity contribution in [2.75, 3.05) is 13.1 Å². The number of carbonyl (C=O) groups excluding carboxylic acids is 1. The van der Waals surface area contributed by atoms with Gasteiger partial charge in [0.2, 0.25) is 0 Å². The number of likely N-dealkylation sites (tertiary alicyclic amines) is 1. The first-order valence-electron chi connectivity index (χ1n) is 6.86. The molecule has 0 bridgehead atoms. The van der Waals surface area contributed by atoms with Crippen LogP contribution in [0, 0.1) is 5.92 Å². The number of benzene rings is 1. The molecule has 1 aliphatic rings. The highest BCUT2D eigenvalue weighted by molar-refractivity contribution is 5.94. The quantitative estimate of drug-likeness (QED) is 0.861. The van der Waals surface area contributed by atoms with Gasteiger partial charge in [-0.15, -0.1) is 0 Å². The maximum atomic E-state index is 12.3. The molecule has 0 spiro atoms. The van der Waals surface area contributed by atoms with Crippen LogP contribution in [0.3, 0.4) is 0 Å². The number of carbonyl (C=O) groups is 2. The standard InChI is InChI=1S/C16H19NO3/c1-12-8-10-17(11-9-12)16(20)14-5-2-13(3-6-14)4-7-15(18)19/h2-7,12H,8-11H2,1H3,(H,18,19). The maximum Gasteiger partial charge on any atom is 0.328 e. The number of piperidine rings is 1. The van der Waals surface area contributed by atoms with Gasteiger partial charge in [0.15, 0.2) is 0 Å². The number of hydrogen-bond acceptors (Lipinski definition) is 2. The Balaban J connectivity index is 2.02. The molecule has 0 unspecified atom stereocenters. The van der Waals surface area contributed by atoms with E-state index in [9.17, 15) is 9.59 Å². The van der Waals surface area contributed by atoms with Gasteiger partial charge in [0.05, 0.1) is 0 Å². The van der Waals surface area contributed by atoms with E-state index < -0.39 is 5.97 Å². The van der Waals surface area contributed by atoms with Crippen molar-refractivity contribution >= 4 is 18.0 Å². The van der Waals surface area contributed by atoms with Gasteiger partial charge in [0, 0.05) is 24.7 Å². The molecule has 0 atom stereocenters. The number of nitrogens with zero attached hydrogens (tertiary/aromatic N) is 1. The average Bonchev–Trinajstić information content (AvgIpc) is 2.46. The van der Waals surface area contributed by atoms with Crippen LogP contribution in [0.25, 0.3) is 6.08 Å². The van der Waals surface area contributed by atoms with Crippen LogP contribution in [0.1, 0.15) is 35.7 Å². The van der Waals surface area contributed by atoms with E-state index in [2.05, 4.69) is 6.92 Å². The summed E-state index contributed by atoms with van der Waals surface area (Å²) < 4.78 is 0. The van der Waals surface area contributed by atoms with E-state index in [1.807, 2.05) is 4.90 Å². The molecule has 1 aromatic rings. The maximum absolute atomic E-state index is 12.3. The highest BCUT2D eigenvalue weighted by atomic mass is 16.4. The molecule has 0 radical (unpaired) electrons. The predicted octanol–water partition coefficient (Wildman–Crippen LogP) is 2.66. The summed E-state index contributed by atoms with van der Waals surface area (Å²) in [6.07, 6.45) is 4.72. The summed E-state index contributed by atoms with van der Waals surface area (Å²) >= 11 is 0. The Hall–Kier alpha value is -2.10. The summed E-state index contributed by atoms with van der Waals surface area (Å²) in [4.78, 5) is 24.6. The Morgan fingerprint density at radius 1 is 1.20 bits per heavy atom. The molecule has 0 aromatic heterocycles. The smallest absolute Gasteiger partial charge is 0.328 e. The van der Waals surface area contributed by atoms with E-state index in [0.29, 0.717) is 11.5 Å². The van der Waals surface area contributed by atoms with Gasteiger partial charge in [-0.2, -0.15) is 0 Å². The van der Waals surface area contributed by atoms with Crippen LogP contribution >= 0.6 is 0 Å². The molecule has 2 rings (SSSR count). The fraction of sp³-hybridized carbons (Fsp3) is 0.375. The van der Waals surface area contributed by atoms with Crippen molar-refractivity contribution in [3.8, 4) is 0 Å². The molecule has 106 valence electrons. The minimum Gasteiger partial charge on any atom is -0.478 e. The minimum atomic E-state index is -0.979. The molecular formula is C16H19NO3. The minimum absolute atomic E-state index is 0.0608. The number of amides is 1. The first-order chi connectivity index (χ1) is 9.56. The highest BCUT2D eigenvalue weighted by Crippen LogP contribution is 2.18. The number of aliphatic carboxylic acids is 1. The van der Waals surface area contributed by atoms with Crippen molar-refractivity contribution in [3.05, 3.63) is 41.5 Å². The summed E-state index contributed by atoms with van der Waals surface area (Å²) in [5, 5.41) is 8.56. The Bertz CT molecular complexity index is 511. The van der Waals surface area contributed by atoms with Crippen molar-refractivity contribution < 1.29 is 14.7 Å². The van der Waals surface area contributed by atoms with E-state index in [1.165, 1.54) is 6.08 Å². The van der Waals surface area contributed by atoms with Gasteiger partial charge in [-0.3, -0.25) is 4.79 Å². The second-order valence-corrected chi connectivity index (χ2v) is 5.27. The Kier molecular flexibility index (Phi) is 4.56. The lowest BCUT2D eigenvalue weighted by Gasteiger charge is -2.30. The van der Waals surface area contributed by atoms with Crippen LogP contribution in [-0.2, 0) is 4.79 Å². The van der Waals surface area contributed by atoms with E-state index in [-0.39, 0.29) is 5.91 Å². The monoisotopic (exact) mass is 273 g/mol. The molecule has 4 nitrogen and oxygen atoms in total. The number of carboxylic acids is 1. The van der Waals surface area contributed by atoms with Crippen LogP contribution in [0.15, 0.2) is 30.3 Å². The van der Waals surface area contributed by atoms with Crippen LogP contribution in [0.5, 0.6) is 0 Å². The van der Waals surface area contributed by atoms with Gasteiger partial charge >= 0.3 is 5.97 Å². The fourth-order valence-electron chi connectivity index (χ4n) is 2.30. The summed E-state index contributed by atoms with van der Waals surface area (Å²) in [5.74, 6) is -0.221. The molecule has 1 heterocycles. The molecule has 0 aliphatic carbocycles. The molecule has 4 heteroatoms. The number of rotatable bonds is 3.